The van der Waals surface area contributed by atoms with E-state index in [1.165, 1.54) is 6.21 Å². The van der Waals surface area contributed by atoms with Crippen molar-refractivity contribution in [2.75, 3.05) is 17.2 Å². The Morgan fingerprint density at radius 2 is 1.47 bits per heavy atom. The molecule has 0 heterocycles. The van der Waals surface area contributed by atoms with Crippen LogP contribution in [0.4, 0.5) is 11.4 Å². The van der Waals surface area contributed by atoms with Gasteiger partial charge in [0.25, 0.3) is 5.91 Å². The monoisotopic (exact) mass is 450 g/mol. The maximum absolute atomic E-state index is 11.9. The van der Waals surface area contributed by atoms with E-state index in [0.29, 0.717) is 27.7 Å². The predicted molar refractivity (Wildman–Crippen MR) is 123 cm³/mol. The average Bonchev–Trinajstić information content (AvgIpc) is 2.80. The molecule has 8 nitrogen and oxygen atoms in total. The molecule has 0 unspecified atom stereocenters. The van der Waals surface area contributed by atoms with E-state index < -0.39 is 11.8 Å². The summed E-state index contributed by atoms with van der Waals surface area (Å²) in [6.07, 6.45) is 1.37. The number of carbonyl (C=O) groups excluding carboxylic acids is 3. The molecule has 162 valence electrons. The van der Waals surface area contributed by atoms with E-state index in [-0.39, 0.29) is 12.5 Å². The summed E-state index contributed by atoms with van der Waals surface area (Å²) in [7, 11) is 0. The number of ether oxygens (including phenoxy) is 1. The molecule has 3 aromatic carbocycles. The first-order valence-electron chi connectivity index (χ1n) is 9.47. The Morgan fingerprint density at radius 3 is 2.16 bits per heavy atom. The van der Waals surface area contributed by atoms with Crippen LogP contribution in [0.25, 0.3) is 0 Å². The lowest BCUT2D eigenvalue weighted by atomic mass is 10.2. The molecule has 3 aromatic rings. The number of nitrogens with one attached hydrogen (secondary N) is 3. The SMILES string of the molecule is O=C(COc1ccc(/C=N\NC(=O)C(=O)Nc2ccc(Cl)cc2)cc1)Nc1ccccc1. The van der Waals surface area contributed by atoms with Crippen LogP contribution in [0.3, 0.4) is 0 Å². The van der Waals surface area contributed by atoms with Crippen LogP contribution >= 0.6 is 11.6 Å². The van der Waals surface area contributed by atoms with Gasteiger partial charge in [0.05, 0.1) is 6.21 Å². The number of amides is 3. The third-order valence-electron chi connectivity index (χ3n) is 4.00. The number of anilines is 2. The molecule has 0 aliphatic heterocycles. The van der Waals surface area contributed by atoms with Crippen LogP contribution in [0.1, 0.15) is 5.56 Å². The highest BCUT2D eigenvalue weighted by Gasteiger charge is 2.12. The number of halogens is 1. The molecule has 9 heteroatoms. The number of para-hydroxylation sites is 1. The molecular weight excluding hydrogens is 432 g/mol. The van der Waals surface area contributed by atoms with E-state index in [1.807, 2.05) is 18.2 Å². The lowest BCUT2D eigenvalue weighted by molar-refractivity contribution is -0.136. The Balaban J connectivity index is 1.42. The topological polar surface area (TPSA) is 109 Å². The third-order valence-corrected chi connectivity index (χ3v) is 4.25. The van der Waals surface area contributed by atoms with Crippen LogP contribution in [-0.2, 0) is 14.4 Å². The lowest BCUT2D eigenvalue weighted by Crippen LogP contribution is -2.32. The first kappa shape index (κ1) is 22.5. The molecule has 3 amide bonds. The number of hydrogen-bond acceptors (Lipinski definition) is 5. The maximum atomic E-state index is 11.9. The van der Waals surface area contributed by atoms with E-state index >= 15 is 0 Å². The van der Waals surface area contributed by atoms with Crippen LogP contribution in [0.5, 0.6) is 5.75 Å². The number of benzene rings is 3. The van der Waals surface area contributed by atoms with Crippen LogP contribution in [0.2, 0.25) is 5.02 Å². The number of hydrazone groups is 1. The molecule has 0 atom stereocenters. The number of hydrogen-bond donors (Lipinski definition) is 3. The normalized spacial score (nSPS) is 10.4. The molecule has 32 heavy (non-hydrogen) atoms. The van der Waals surface area contributed by atoms with Crippen LogP contribution in [-0.4, -0.2) is 30.5 Å². The summed E-state index contributed by atoms with van der Waals surface area (Å²) in [6.45, 7) is -0.138. The van der Waals surface area contributed by atoms with Gasteiger partial charge in [0.2, 0.25) is 0 Å². The van der Waals surface area contributed by atoms with E-state index in [1.54, 1.807) is 60.7 Å². The Labute approximate surface area is 189 Å². The van der Waals surface area contributed by atoms with E-state index in [2.05, 4.69) is 21.2 Å². The van der Waals surface area contributed by atoms with Gasteiger partial charge in [-0.15, -0.1) is 0 Å². The molecule has 0 spiro atoms. The molecule has 0 saturated heterocycles. The molecule has 3 rings (SSSR count). The molecule has 0 radical (unpaired) electrons. The van der Waals surface area contributed by atoms with Gasteiger partial charge in [-0.05, 0) is 66.2 Å². The van der Waals surface area contributed by atoms with Crippen molar-refractivity contribution in [2.24, 2.45) is 5.10 Å². The van der Waals surface area contributed by atoms with E-state index in [4.69, 9.17) is 16.3 Å². The minimum Gasteiger partial charge on any atom is -0.484 e. The summed E-state index contributed by atoms with van der Waals surface area (Å²) in [5.41, 5.74) is 3.93. The van der Waals surface area contributed by atoms with Crippen LogP contribution < -0.4 is 20.8 Å². The lowest BCUT2D eigenvalue weighted by Gasteiger charge is -2.07. The van der Waals surface area contributed by atoms with Crippen LogP contribution in [0, 0.1) is 0 Å². The van der Waals surface area contributed by atoms with Crippen molar-refractivity contribution in [1.29, 1.82) is 0 Å². The van der Waals surface area contributed by atoms with Gasteiger partial charge in [0, 0.05) is 16.4 Å². The van der Waals surface area contributed by atoms with Gasteiger partial charge in [-0.1, -0.05) is 29.8 Å². The molecule has 0 aliphatic carbocycles. The number of rotatable bonds is 7. The summed E-state index contributed by atoms with van der Waals surface area (Å²) in [5, 5.41) is 9.43. The van der Waals surface area contributed by atoms with Crippen molar-refractivity contribution in [3.05, 3.63) is 89.4 Å². The van der Waals surface area contributed by atoms with Crippen molar-refractivity contribution in [3.63, 3.8) is 0 Å². The van der Waals surface area contributed by atoms with Crippen molar-refractivity contribution >= 4 is 46.9 Å². The maximum Gasteiger partial charge on any atom is 0.329 e. The van der Waals surface area contributed by atoms with E-state index in [9.17, 15) is 14.4 Å². The average molecular weight is 451 g/mol. The smallest absolute Gasteiger partial charge is 0.329 e. The second kappa shape index (κ2) is 11.3. The van der Waals surface area contributed by atoms with Gasteiger partial charge in [-0.3, -0.25) is 14.4 Å². The van der Waals surface area contributed by atoms with Crippen molar-refractivity contribution in [3.8, 4) is 5.75 Å². The highest BCUT2D eigenvalue weighted by Crippen LogP contribution is 2.13. The molecule has 0 aromatic heterocycles. The Kier molecular flexibility index (Phi) is 7.94. The molecule has 0 aliphatic rings. The van der Waals surface area contributed by atoms with E-state index in [0.717, 1.165) is 0 Å². The quantitative estimate of drug-likeness (QED) is 0.291. The Morgan fingerprint density at radius 1 is 0.812 bits per heavy atom. The second-order valence-corrected chi connectivity index (χ2v) is 6.87. The van der Waals surface area contributed by atoms with Crippen molar-refractivity contribution < 1.29 is 19.1 Å². The fourth-order valence-corrected chi connectivity index (χ4v) is 2.58. The fraction of sp³-hybridized carbons (Fsp3) is 0.0435. The molecule has 0 bridgehead atoms. The fourth-order valence-electron chi connectivity index (χ4n) is 2.45. The van der Waals surface area contributed by atoms with Crippen molar-refractivity contribution in [1.82, 2.24) is 5.43 Å². The summed E-state index contributed by atoms with van der Waals surface area (Å²) in [6, 6.07) is 22.1. The predicted octanol–water partition coefficient (Wildman–Crippen LogP) is 3.45. The summed E-state index contributed by atoms with van der Waals surface area (Å²) < 4.78 is 5.45. The van der Waals surface area contributed by atoms with Gasteiger partial charge in [-0.25, -0.2) is 5.43 Å². The zero-order valence-corrected chi connectivity index (χ0v) is 17.5. The molecule has 3 N–H and O–H groups in total. The minimum atomic E-state index is -0.916. The third kappa shape index (κ3) is 7.26. The van der Waals surface area contributed by atoms with Crippen LogP contribution in [0.15, 0.2) is 84.0 Å². The number of carbonyl (C=O) groups is 3. The zero-order chi connectivity index (χ0) is 22.8. The largest absolute Gasteiger partial charge is 0.484 e. The zero-order valence-electron chi connectivity index (χ0n) is 16.7. The highest BCUT2D eigenvalue weighted by atomic mass is 35.5. The number of nitrogens with zero attached hydrogens (tertiary/aromatic N) is 1. The first-order valence-corrected chi connectivity index (χ1v) is 9.85. The standard InChI is InChI=1S/C23H19ClN4O4/c24-17-8-10-19(11-9-17)27-22(30)23(31)28-25-14-16-6-12-20(13-7-16)32-15-21(29)26-18-4-2-1-3-5-18/h1-14H,15H2,(H,26,29)(H,27,30)(H,28,31)/b25-14-. The Hall–Kier alpha value is -4.17. The van der Waals surface area contributed by atoms with Gasteiger partial charge in [-0.2, -0.15) is 5.10 Å². The van der Waals surface area contributed by atoms with Gasteiger partial charge < -0.3 is 15.4 Å². The molecule has 0 saturated carbocycles. The highest BCUT2D eigenvalue weighted by molar-refractivity contribution is 6.39. The van der Waals surface area contributed by atoms with Gasteiger partial charge >= 0.3 is 11.8 Å². The van der Waals surface area contributed by atoms with Crippen molar-refractivity contribution in [2.45, 2.75) is 0 Å². The second-order valence-electron chi connectivity index (χ2n) is 6.43. The minimum absolute atomic E-state index is 0.138. The molecular formula is C23H19ClN4O4. The summed E-state index contributed by atoms with van der Waals surface area (Å²) in [5.74, 6) is -1.55. The first-order chi connectivity index (χ1) is 15.5. The summed E-state index contributed by atoms with van der Waals surface area (Å²) in [4.78, 5) is 35.6. The summed E-state index contributed by atoms with van der Waals surface area (Å²) >= 11 is 5.77. The van der Waals surface area contributed by atoms with Gasteiger partial charge in [0.1, 0.15) is 5.75 Å². The van der Waals surface area contributed by atoms with Gasteiger partial charge in [0.15, 0.2) is 6.61 Å². The Bertz CT molecular complexity index is 1100. The molecule has 0 fully saturated rings.